The molecule has 0 aliphatic heterocycles. The summed E-state index contributed by atoms with van der Waals surface area (Å²) in [6, 6.07) is 1.81. The normalized spacial score (nSPS) is 10.6. The molecular formula is C13H16ClN5O. The van der Waals surface area contributed by atoms with E-state index in [1.807, 2.05) is 13.8 Å². The van der Waals surface area contributed by atoms with Gasteiger partial charge >= 0.3 is 0 Å². The van der Waals surface area contributed by atoms with E-state index in [1.165, 1.54) is 4.68 Å². The molecule has 6 nitrogen and oxygen atoms in total. The van der Waals surface area contributed by atoms with Crippen molar-refractivity contribution in [3.63, 3.8) is 0 Å². The van der Waals surface area contributed by atoms with Gasteiger partial charge < -0.3 is 5.32 Å². The number of aromatic nitrogens is 4. The van der Waals surface area contributed by atoms with Gasteiger partial charge in [-0.05, 0) is 19.4 Å². The number of anilines is 1. The van der Waals surface area contributed by atoms with Crippen LogP contribution in [0.1, 0.15) is 24.9 Å². The van der Waals surface area contributed by atoms with Crippen molar-refractivity contribution in [1.29, 1.82) is 0 Å². The van der Waals surface area contributed by atoms with Crippen LogP contribution in [0.25, 0.3) is 0 Å². The molecule has 2 aromatic rings. The first-order valence-corrected chi connectivity index (χ1v) is 6.77. The predicted molar refractivity (Wildman–Crippen MR) is 77.9 cm³/mol. The van der Waals surface area contributed by atoms with Gasteiger partial charge in [0.2, 0.25) is 0 Å². The van der Waals surface area contributed by atoms with Crippen molar-refractivity contribution in [2.75, 3.05) is 5.32 Å². The average Bonchev–Trinajstić information content (AvgIpc) is 2.43. The van der Waals surface area contributed by atoms with E-state index >= 15 is 0 Å². The molecule has 0 fully saturated rings. The third-order valence-electron chi connectivity index (χ3n) is 2.71. The smallest absolute Gasteiger partial charge is 0.287 e. The molecule has 20 heavy (non-hydrogen) atoms. The Balaban J connectivity index is 2.14. The monoisotopic (exact) mass is 293 g/mol. The second-order valence-electron chi connectivity index (χ2n) is 4.35. The molecule has 0 unspecified atom stereocenters. The van der Waals surface area contributed by atoms with Gasteiger partial charge in [-0.15, -0.1) is 0 Å². The van der Waals surface area contributed by atoms with Crippen LogP contribution < -0.4 is 10.9 Å². The van der Waals surface area contributed by atoms with Crippen molar-refractivity contribution in [2.45, 2.75) is 33.4 Å². The molecule has 0 atom stereocenters. The maximum absolute atomic E-state index is 11.9. The lowest BCUT2D eigenvalue weighted by Crippen LogP contribution is -2.24. The highest BCUT2D eigenvalue weighted by atomic mass is 35.5. The van der Waals surface area contributed by atoms with Crippen molar-refractivity contribution >= 4 is 17.3 Å². The summed E-state index contributed by atoms with van der Waals surface area (Å²) in [4.78, 5) is 20.2. The van der Waals surface area contributed by atoms with E-state index in [4.69, 9.17) is 11.6 Å². The molecule has 0 saturated carbocycles. The van der Waals surface area contributed by atoms with Crippen molar-refractivity contribution in [1.82, 2.24) is 19.7 Å². The summed E-state index contributed by atoms with van der Waals surface area (Å²) >= 11 is 6.06. The van der Waals surface area contributed by atoms with Gasteiger partial charge in [-0.3, -0.25) is 4.79 Å². The van der Waals surface area contributed by atoms with Crippen LogP contribution in [0.3, 0.4) is 0 Å². The molecule has 0 spiro atoms. The summed E-state index contributed by atoms with van der Waals surface area (Å²) < 4.78 is 1.36. The lowest BCUT2D eigenvalue weighted by molar-refractivity contribution is 0.568. The fraction of sp³-hybridized carbons (Fsp3) is 0.385. The Morgan fingerprint density at radius 2 is 2.25 bits per heavy atom. The largest absolute Gasteiger partial charge is 0.377 e. The standard InChI is InChI=1S/C13H16ClN5O/c1-3-6-19-13(20)12(14)11(8-17-19)16-7-10-4-5-15-9(2)18-10/h4-5,8,16H,3,6-7H2,1-2H3. The van der Waals surface area contributed by atoms with Gasteiger partial charge in [-0.25, -0.2) is 14.6 Å². The topological polar surface area (TPSA) is 72.7 Å². The number of halogens is 1. The number of nitrogens with one attached hydrogen (secondary N) is 1. The van der Waals surface area contributed by atoms with E-state index in [1.54, 1.807) is 18.5 Å². The minimum absolute atomic E-state index is 0.152. The lowest BCUT2D eigenvalue weighted by atomic mass is 10.3. The fourth-order valence-corrected chi connectivity index (χ4v) is 1.96. The van der Waals surface area contributed by atoms with Crippen LogP contribution in [0.2, 0.25) is 5.02 Å². The van der Waals surface area contributed by atoms with E-state index in [2.05, 4.69) is 20.4 Å². The van der Waals surface area contributed by atoms with Gasteiger partial charge in [0.15, 0.2) is 0 Å². The molecule has 2 heterocycles. The highest BCUT2D eigenvalue weighted by Crippen LogP contribution is 2.16. The van der Waals surface area contributed by atoms with E-state index < -0.39 is 0 Å². The molecule has 0 aliphatic rings. The van der Waals surface area contributed by atoms with Gasteiger partial charge in [0.1, 0.15) is 10.8 Å². The molecule has 2 rings (SSSR count). The third kappa shape index (κ3) is 3.33. The maximum atomic E-state index is 11.9. The van der Waals surface area contributed by atoms with Crippen LogP contribution >= 0.6 is 11.6 Å². The van der Waals surface area contributed by atoms with Crippen LogP contribution in [-0.2, 0) is 13.1 Å². The average molecular weight is 294 g/mol. The van der Waals surface area contributed by atoms with Crippen LogP contribution in [-0.4, -0.2) is 19.7 Å². The van der Waals surface area contributed by atoms with E-state index in [0.29, 0.717) is 24.6 Å². The highest BCUT2D eigenvalue weighted by Gasteiger charge is 2.08. The van der Waals surface area contributed by atoms with E-state index in [0.717, 1.165) is 12.1 Å². The summed E-state index contributed by atoms with van der Waals surface area (Å²) in [5.74, 6) is 0.701. The Kier molecular flexibility index (Phi) is 4.68. The Bertz CT molecular complexity index is 655. The first-order valence-electron chi connectivity index (χ1n) is 6.40. The molecule has 0 aliphatic carbocycles. The summed E-state index contributed by atoms with van der Waals surface area (Å²) in [6.07, 6.45) is 4.09. The van der Waals surface area contributed by atoms with Crippen molar-refractivity contribution in [2.24, 2.45) is 0 Å². The van der Waals surface area contributed by atoms with Crippen molar-refractivity contribution in [3.05, 3.63) is 45.4 Å². The minimum Gasteiger partial charge on any atom is -0.377 e. The second-order valence-corrected chi connectivity index (χ2v) is 4.73. The Labute approximate surface area is 121 Å². The van der Waals surface area contributed by atoms with Gasteiger partial charge in [0, 0.05) is 12.7 Å². The Morgan fingerprint density at radius 1 is 1.45 bits per heavy atom. The quantitative estimate of drug-likeness (QED) is 0.913. The lowest BCUT2D eigenvalue weighted by Gasteiger charge is -2.09. The maximum Gasteiger partial charge on any atom is 0.287 e. The summed E-state index contributed by atoms with van der Waals surface area (Å²) in [5.41, 5.74) is 1.06. The fourth-order valence-electron chi connectivity index (χ4n) is 1.75. The first kappa shape index (κ1) is 14.5. The molecule has 106 valence electrons. The molecule has 0 amide bonds. The SMILES string of the molecule is CCCn1ncc(NCc2ccnc(C)n2)c(Cl)c1=O. The third-order valence-corrected chi connectivity index (χ3v) is 3.08. The van der Waals surface area contributed by atoms with Gasteiger partial charge in [-0.1, -0.05) is 18.5 Å². The highest BCUT2D eigenvalue weighted by molar-refractivity contribution is 6.32. The number of hydrogen-bond acceptors (Lipinski definition) is 5. The zero-order valence-electron chi connectivity index (χ0n) is 11.4. The van der Waals surface area contributed by atoms with Gasteiger partial charge in [0.25, 0.3) is 5.56 Å². The summed E-state index contributed by atoms with van der Waals surface area (Å²) in [6.45, 7) is 4.82. The van der Waals surface area contributed by atoms with Gasteiger partial charge in [-0.2, -0.15) is 5.10 Å². The predicted octanol–water partition coefficient (Wildman–Crippen LogP) is 2.02. The first-order chi connectivity index (χ1) is 9.61. The molecule has 2 aromatic heterocycles. The minimum atomic E-state index is -0.280. The Morgan fingerprint density at radius 3 is 2.95 bits per heavy atom. The second kappa shape index (κ2) is 6.47. The molecule has 0 bridgehead atoms. The molecule has 1 N–H and O–H groups in total. The number of nitrogens with zero attached hydrogens (tertiary/aromatic N) is 4. The van der Waals surface area contributed by atoms with Crippen LogP contribution in [0.5, 0.6) is 0 Å². The summed E-state index contributed by atoms with van der Waals surface area (Å²) in [5, 5.41) is 7.30. The Hall–Kier alpha value is -1.95. The zero-order valence-corrected chi connectivity index (χ0v) is 12.2. The van der Waals surface area contributed by atoms with Gasteiger partial charge in [0.05, 0.1) is 24.1 Å². The summed E-state index contributed by atoms with van der Waals surface area (Å²) in [7, 11) is 0. The zero-order chi connectivity index (χ0) is 14.5. The molecular weight excluding hydrogens is 278 g/mol. The van der Waals surface area contributed by atoms with E-state index in [-0.39, 0.29) is 10.6 Å². The molecule has 0 aromatic carbocycles. The van der Waals surface area contributed by atoms with Crippen LogP contribution in [0.4, 0.5) is 5.69 Å². The van der Waals surface area contributed by atoms with Crippen molar-refractivity contribution < 1.29 is 0 Å². The number of aryl methyl sites for hydroxylation is 2. The number of hydrogen-bond donors (Lipinski definition) is 1. The molecule has 0 saturated heterocycles. The van der Waals surface area contributed by atoms with E-state index in [9.17, 15) is 4.79 Å². The number of rotatable bonds is 5. The van der Waals surface area contributed by atoms with Crippen LogP contribution in [0.15, 0.2) is 23.3 Å². The van der Waals surface area contributed by atoms with Crippen molar-refractivity contribution in [3.8, 4) is 0 Å². The molecule has 0 radical (unpaired) electrons. The molecule has 7 heteroatoms. The van der Waals surface area contributed by atoms with Crippen LogP contribution in [0, 0.1) is 6.92 Å².